The molecule has 0 amide bonds. The van der Waals surface area contributed by atoms with Gasteiger partial charge in [0.25, 0.3) is 0 Å². The standard InChI is InChI=1S/C8H12O2S/c1-4-5-11-7(2)6-8(9)10-3/h1,7H,5-6H2,2-3H3. The van der Waals surface area contributed by atoms with Crippen LogP contribution >= 0.6 is 11.8 Å². The first kappa shape index (κ1) is 10.4. The molecule has 0 rings (SSSR count). The number of ether oxygens (including phenoxy) is 1. The van der Waals surface area contributed by atoms with Gasteiger partial charge < -0.3 is 4.74 Å². The van der Waals surface area contributed by atoms with Gasteiger partial charge in [-0.3, -0.25) is 4.79 Å². The summed E-state index contributed by atoms with van der Waals surface area (Å²) in [5.41, 5.74) is 0. The molecule has 0 aliphatic carbocycles. The Morgan fingerprint density at radius 1 is 1.82 bits per heavy atom. The van der Waals surface area contributed by atoms with Crippen LogP contribution in [0.15, 0.2) is 0 Å². The summed E-state index contributed by atoms with van der Waals surface area (Å²) >= 11 is 1.58. The molecule has 0 fully saturated rings. The van der Waals surface area contributed by atoms with Crippen LogP contribution in [0.5, 0.6) is 0 Å². The normalized spacial score (nSPS) is 11.7. The van der Waals surface area contributed by atoms with Crippen molar-refractivity contribution in [2.45, 2.75) is 18.6 Å². The number of hydrogen-bond acceptors (Lipinski definition) is 3. The van der Waals surface area contributed by atoms with Crippen molar-refractivity contribution in [2.75, 3.05) is 12.9 Å². The average molecular weight is 172 g/mol. The third-order valence-corrected chi connectivity index (χ3v) is 2.20. The van der Waals surface area contributed by atoms with Gasteiger partial charge in [-0.15, -0.1) is 18.2 Å². The second-order valence-corrected chi connectivity index (χ2v) is 3.53. The Balaban J connectivity index is 3.45. The molecule has 2 nitrogen and oxygen atoms in total. The molecule has 0 radical (unpaired) electrons. The van der Waals surface area contributed by atoms with Crippen LogP contribution < -0.4 is 0 Å². The predicted octanol–water partition coefficient (Wildman–Crippen LogP) is 1.30. The second-order valence-electron chi connectivity index (χ2n) is 2.11. The topological polar surface area (TPSA) is 26.3 Å². The molecule has 1 unspecified atom stereocenters. The minimum absolute atomic E-state index is 0.179. The molecule has 0 heterocycles. The lowest BCUT2D eigenvalue weighted by Crippen LogP contribution is -2.08. The van der Waals surface area contributed by atoms with E-state index >= 15 is 0 Å². The molecule has 62 valence electrons. The van der Waals surface area contributed by atoms with Crippen molar-refractivity contribution in [3.8, 4) is 12.3 Å². The smallest absolute Gasteiger partial charge is 0.306 e. The third-order valence-electron chi connectivity index (χ3n) is 1.13. The van der Waals surface area contributed by atoms with E-state index in [1.54, 1.807) is 11.8 Å². The van der Waals surface area contributed by atoms with Crippen molar-refractivity contribution >= 4 is 17.7 Å². The zero-order valence-electron chi connectivity index (χ0n) is 6.79. The fourth-order valence-electron chi connectivity index (χ4n) is 0.567. The van der Waals surface area contributed by atoms with Gasteiger partial charge in [-0.1, -0.05) is 12.8 Å². The minimum atomic E-state index is -0.179. The zero-order valence-corrected chi connectivity index (χ0v) is 7.61. The maximum absolute atomic E-state index is 10.7. The van der Waals surface area contributed by atoms with Crippen LogP contribution in [0.3, 0.4) is 0 Å². The third kappa shape index (κ3) is 5.81. The average Bonchev–Trinajstić information content (AvgIpc) is 2.00. The molecule has 0 aromatic heterocycles. The van der Waals surface area contributed by atoms with Crippen molar-refractivity contribution < 1.29 is 9.53 Å². The Bertz CT molecular complexity index is 160. The maximum Gasteiger partial charge on any atom is 0.306 e. The van der Waals surface area contributed by atoms with E-state index in [0.717, 1.165) is 0 Å². The van der Waals surface area contributed by atoms with Crippen LogP contribution in [0.4, 0.5) is 0 Å². The highest BCUT2D eigenvalue weighted by atomic mass is 32.2. The van der Waals surface area contributed by atoms with Gasteiger partial charge >= 0.3 is 5.97 Å². The van der Waals surface area contributed by atoms with Crippen LogP contribution in [-0.4, -0.2) is 24.1 Å². The minimum Gasteiger partial charge on any atom is -0.469 e. The highest BCUT2D eigenvalue weighted by Crippen LogP contribution is 2.13. The number of hydrogen-bond donors (Lipinski definition) is 0. The van der Waals surface area contributed by atoms with Crippen LogP contribution in [0.25, 0.3) is 0 Å². The molecule has 11 heavy (non-hydrogen) atoms. The molecule has 0 bridgehead atoms. The molecule has 0 aliphatic heterocycles. The lowest BCUT2D eigenvalue weighted by Gasteiger charge is -2.06. The van der Waals surface area contributed by atoms with Gasteiger partial charge in [0.15, 0.2) is 0 Å². The highest BCUT2D eigenvalue weighted by molar-refractivity contribution is 8.00. The van der Waals surface area contributed by atoms with Crippen LogP contribution in [0.1, 0.15) is 13.3 Å². The predicted molar refractivity (Wildman–Crippen MR) is 47.4 cm³/mol. The summed E-state index contributed by atoms with van der Waals surface area (Å²) < 4.78 is 4.50. The molecule has 0 saturated heterocycles. The molecule has 1 atom stereocenters. The van der Waals surface area contributed by atoms with E-state index < -0.39 is 0 Å². The summed E-state index contributed by atoms with van der Waals surface area (Å²) in [6, 6.07) is 0. The zero-order chi connectivity index (χ0) is 8.69. The summed E-state index contributed by atoms with van der Waals surface area (Å²) in [4.78, 5) is 10.7. The van der Waals surface area contributed by atoms with Gasteiger partial charge in [-0.05, 0) is 0 Å². The maximum atomic E-state index is 10.7. The van der Waals surface area contributed by atoms with Crippen molar-refractivity contribution in [1.82, 2.24) is 0 Å². The SMILES string of the molecule is C#CCSC(C)CC(=O)OC. The summed E-state index contributed by atoms with van der Waals surface area (Å²) in [7, 11) is 1.39. The second kappa shape index (κ2) is 6.11. The van der Waals surface area contributed by atoms with Crippen molar-refractivity contribution in [3.05, 3.63) is 0 Å². The molecule has 0 N–H and O–H groups in total. The highest BCUT2D eigenvalue weighted by Gasteiger charge is 2.07. The number of esters is 1. The monoisotopic (exact) mass is 172 g/mol. The summed E-state index contributed by atoms with van der Waals surface area (Å²) in [6.07, 6.45) is 5.49. The number of thioether (sulfide) groups is 1. The van der Waals surface area contributed by atoms with Gasteiger partial charge in [0.1, 0.15) is 0 Å². The molecular formula is C8H12O2S. The number of carbonyl (C=O) groups is 1. The van der Waals surface area contributed by atoms with E-state index in [2.05, 4.69) is 10.7 Å². The van der Waals surface area contributed by atoms with Crippen LogP contribution in [0, 0.1) is 12.3 Å². The lowest BCUT2D eigenvalue weighted by atomic mass is 10.3. The van der Waals surface area contributed by atoms with E-state index in [0.29, 0.717) is 12.2 Å². The number of methoxy groups -OCH3 is 1. The number of rotatable bonds is 4. The van der Waals surface area contributed by atoms with Crippen molar-refractivity contribution in [1.29, 1.82) is 0 Å². The van der Waals surface area contributed by atoms with E-state index in [-0.39, 0.29) is 11.2 Å². The Morgan fingerprint density at radius 2 is 2.45 bits per heavy atom. The first-order valence-corrected chi connectivity index (χ1v) is 4.37. The first-order chi connectivity index (χ1) is 5.20. The van der Waals surface area contributed by atoms with Gasteiger partial charge in [-0.25, -0.2) is 0 Å². The summed E-state index contributed by atoms with van der Waals surface area (Å²) in [5.74, 6) is 2.97. The lowest BCUT2D eigenvalue weighted by molar-refractivity contribution is -0.140. The fraction of sp³-hybridized carbons (Fsp3) is 0.625. The molecule has 0 spiro atoms. The Hall–Kier alpha value is -0.620. The van der Waals surface area contributed by atoms with Gasteiger partial charge in [0, 0.05) is 5.25 Å². The quantitative estimate of drug-likeness (QED) is 0.472. The Kier molecular flexibility index (Phi) is 5.77. The summed E-state index contributed by atoms with van der Waals surface area (Å²) in [5, 5.41) is 0.249. The molecule has 3 heteroatoms. The molecule has 0 aliphatic rings. The van der Waals surface area contributed by atoms with Crippen molar-refractivity contribution in [3.63, 3.8) is 0 Å². The van der Waals surface area contributed by atoms with Crippen LogP contribution in [-0.2, 0) is 9.53 Å². The van der Waals surface area contributed by atoms with E-state index in [1.165, 1.54) is 7.11 Å². The largest absolute Gasteiger partial charge is 0.469 e. The van der Waals surface area contributed by atoms with Gasteiger partial charge in [0.05, 0.1) is 19.3 Å². The Morgan fingerprint density at radius 3 is 2.91 bits per heavy atom. The fourth-order valence-corrected chi connectivity index (χ4v) is 1.20. The molecule has 0 aromatic rings. The van der Waals surface area contributed by atoms with E-state index in [1.807, 2.05) is 6.92 Å². The van der Waals surface area contributed by atoms with E-state index in [4.69, 9.17) is 6.42 Å². The Labute approximate surface area is 71.7 Å². The summed E-state index contributed by atoms with van der Waals surface area (Å²) in [6.45, 7) is 1.96. The van der Waals surface area contributed by atoms with Crippen LogP contribution in [0.2, 0.25) is 0 Å². The van der Waals surface area contributed by atoms with E-state index in [9.17, 15) is 4.79 Å². The first-order valence-electron chi connectivity index (χ1n) is 3.32. The number of terminal acetylenes is 1. The van der Waals surface area contributed by atoms with Gasteiger partial charge in [0.2, 0.25) is 0 Å². The molecular weight excluding hydrogens is 160 g/mol. The molecule has 0 aromatic carbocycles. The number of carbonyl (C=O) groups excluding carboxylic acids is 1. The van der Waals surface area contributed by atoms with Crippen molar-refractivity contribution in [2.24, 2.45) is 0 Å². The van der Waals surface area contributed by atoms with Gasteiger partial charge in [-0.2, -0.15) is 0 Å². The molecule has 0 saturated carbocycles.